The molecule has 1 aromatic heterocycles. The van der Waals surface area contributed by atoms with E-state index in [2.05, 4.69) is 15.3 Å². The molecule has 0 aliphatic carbocycles. The zero-order valence-electron chi connectivity index (χ0n) is 10.9. The average Bonchev–Trinajstić information content (AvgIpc) is 2.48. The van der Waals surface area contributed by atoms with Crippen molar-refractivity contribution in [3.63, 3.8) is 0 Å². The van der Waals surface area contributed by atoms with E-state index < -0.39 is 5.82 Å². The topological polar surface area (TPSA) is 67.3 Å². The number of benzene rings is 1. The average molecular weight is 279 g/mol. The van der Waals surface area contributed by atoms with Gasteiger partial charge in [0.15, 0.2) is 17.3 Å². The quantitative estimate of drug-likeness (QED) is 0.756. The summed E-state index contributed by atoms with van der Waals surface area (Å²) in [6, 6.07) is 4.74. The predicted octanol–water partition coefficient (Wildman–Crippen LogP) is 1.78. The van der Waals surface area contributed by atoms with Crippen molar-refractivity contribution in [1.82, 2.24) is 15.3 Å². The summed E-state index contributed by atoms with van der Waals surface area (Å²) in [5, 5.41) is 11.7. The maximum Gasteiger partial charge on any atom is 0.165 e. The van der Waals surface area contributed by atoms with Crippen LogP contribution in [0.1, 0.15) is 6.99 Å². The van der Waals surface area contributed by atoms with E-state index >= 15 is 0 Å². The Bertz CT molecular complexity index is 543. The Morgan fingerprint density at radius 3 is 2.80 bits per heavy atom. The lowest BCUT2D eigenvalue weighted by molar-refractivity contribution is 0.293. The second kappa shape index (κ2) is 7.52. The molecule has 0 saturated heterocycles. The van der Waals surface area contributed by atoms with E-state index in [1.165, 1.54) is 24.8 Å². The highest BCUT2D eigenvalue weighted by Crippen LogP contribution is 2.24. The summed E-state index contributed by atoms with van der Waals surface area (Å²) in [6.07, 6.45) is 5.05. The lowest BCUT2D eigenvalue weighted by atomic mass is 10.1. The summed E-state index contributed by atoms with van der Waals surface area (Å²) in [4.78, 5) is 7.62. The Balaban J connectivity index is 0.00000220. The Hall–Kier alpha value is -2.05. The van der Waals surface area contributed by atoms with Crippen molar-refractivity contribution in [3.8, 4) is 11.5 Å². The number of aliphatic hydroxyl groups is 1. The van der Waals surface area contributed by atoms with Gasteiger partial charge >= 0.3 is 0 Å². The maximum atomic E-state index is 13.7. The van der Waals surface area contributed by atoms with Crippen LogP contribution in [0.25, 0.3) is 0 Å². The van der Waals surface area contributed by atoms with Gasteiger partial charge in [-0.1, -0.05) is 6.07 Å². The molecule has 0 saturated carbocycles. The van der Waals surface area contributed by atoms with Crippen LogP contribution in [0, 0.1) is 5.82 Å². The molecule has 0 aliphatic rings. The molecule has 2 aromatic rings. The maximum absolute atomic E-state index is 13.7. The number of halogens is 1. The van der Waals surface area contributed by atoms with Crippen LogP contribution in [0.2, 0.25) is 0 Å². The van der Waals surface area contributed by atoms with Gasteiger partial charge in [0.1, 0.15) is 6.33 Å². The van der Waals surface area contributed by atoms with Gasteiger partial charge in [-0.3, -0.25) is 0 Å². The molecule has 108 valence electrons. The number of hydrogen-bond donors (Lipinski definition) is 2. The highest BCUT2D eigenvalue weighted by atomic mass is 19.1. The second-order valence-corrected chi connectivity index (χ2v) is 4.16. The number of nitrogens with zero attached hydrogens (tertiary/aromatic N) is 2. The molecule has 6 heteroatoms. The Labute approximate surface area is 117 Å². The van der Waals surface area contributed by atoms with Crippen LogP contribution in [-0.2, 0) is 6.42 Å². The Kier molecular flexibility index (Phi) is 5.40. The van der Waals surface area contributed by atoms with E-state index in [0.29, 0.717) is 18.8 Å². The molecule has 0 amide bonds. The fourth-order valence-corrected chi connectivity index (χ4v) is 1.68. The van der Waals surface area contributed by atoms with Crippen LogP contribution in [0.5, 0.6) is 11.5 Å². The van der Waals surface area contributed by atoms with Gasteiger partial charge in [0, 0.05) is 7.97 Å². The minimum absolute atomic E-state index is 0. The fraction of sp³-hybridized carbons (Fsp3) is 0.286. The molecule has 0 fully saturated rings. The fourth-order valence-electron chi connectivity index (χ4n) is 1.68. The molecule has 0 bridgehead atoms. The third-order valence-corrected chi connectivity index (χ3v) is 2.64. The van der Waals surface area contributed by atoms with E-state index in [-0.39, 0.29) is 13.8 Å². The number of rotatable bonds is 7. The zero-order valence-corrected chi connectivity index (χ0v) is 10.9. The summed E-state index contributed by atoms with van der Waals surface area (Å²) in [7, 11) is 0. The number of aliphatic hydroxyl groups excluding tert-OH is 1. The third-order valence-electron chi connectivity index (χ3n) is 2.64. The van der Waals surface area contributed by atoms with Gasteiger partial charge in [0.25, 0.3) is 0 Å². The van der Waals surface area contributed by atoms with Gasteiger partial charge < -0.3 is 15.2 Å². The molecule has 0 spiro atoms. The van der Waals surface area contributed by atoms with Gasteiger partial charge in [-0.15, -0.1) is 0 Å². The van der Waals surface area contributed by atoms with Gasteiger partial charge in [-0.25, -0.2) is 14.4 Å². The SMILES string of the molecule is OCCNCCc1ccc(F)c(Oc2cncnc2)c1.[HH]. The van der Waals surface area contributed by atoms with Crippen LogP contribution < -0.4 is 10.1 Å². The lowest BCUT2D eigenvalue weighted by Gasteiger charge is -2.08. The molecule has 0 unspecified atom stereocenters. The molecule has 1 aromatic carbocycles. The van der Waals surface area contributed by atoms with E-state index in [0.717, 1.165) is 12.0 Å². The Morgan fingerprint density at radius 1 is 1.25 bits per heavy atom. The van der Waals surface area contributed by atoms with Crippen molar-refractivity contribution in [2.75, 3.05) is 19.7 Å². The van der Waals surface area contributed by atoms with Gasteiger partial charge in [-0.05, 0) is 30.7 Å². The second-order valence-electron chi connectivity index (χ2n) is 4.16. The summed E-state index contributed by atoms with van der Waals surface area (Å²) in [6.45, 7) is 1.36. The van der Waals surface area contributed by atoms with Gasteiger partial charge in [0.2, 0.25) is 0 Å². The van der Waals surface area contributed by atoms with Crippen molar-refractivity contribution < 1.29 is 15.7 Å². The van der Waals surface area contributed by atoms with Crippen LogP contribution in [0.3, 0.4) is 0 Å². The summed E-state index contributed by atoms with van der Waals surface area (Å²) in [5.41, 5.74) is 0.948. The first-order chi connectivity index (χ1) is 9.79. The molecule has 2 rings (SSSR count). The molecule has 1 heterocycles. The van der Waals surface area contributed by atoms with Crippen LogP contribution in [-0.4, -0.2) is 34.8 Å². The minimum atomic E-state index is -0.430. The molecule has 0 radical (unpaired) electrons. The van der Waals surface area contributed by atoms with Crippen LogP contribution in [0.15, 0.2) is 36.9 Å². The van der Waals surface area contributed by atoms with Crippen molar-refractivity contribution in [2.45, 2.75) is 6.42 Å². The summed E-state index contributed by atoms with van der Waals surface area (Å²) < 4.78 is 19.1. The number of nitrogens with one attached hydrogen (secondary N) is 1. The number of hydrogen-bond acceptors (Lipinski definition) is 5. The normalized spacial score (nSPS) is 10.5. The predicted molar refractivity (Wildman–Crippen MR) is 74.3 cm³/mol. The van der Waals surface area contributed by atoms with Crippen molar-refractivity contribution >= 4 is 0 Å². The molecule has 0 aliphatic heterocycles. The lowest BCUT2D eigenvalue weighted by Crippen LogP contribution is -2.20. The standard InChI is InChI=1S/C14H16FN3O2.H2/c15-13-2-1-11(3-4-16-5-6-19)7-14(13)20-12-8-17-10-18-9-12;/h1-2,7-10,16,19H,3-6H2;1H. The monoisotopic (exact) mass is 279 g/mol. The van der Waals surface area contributed by atoms with E-state index in [1.54, 1.807) is 12.1 Å². The third kappa shape index (κ3) is 4.25. The summed E-state index contributed by atoms with van der Waals surface area (Å²) >= 11 is 0. The highest BCUT2D eigenvalue weighted by molar-refractivity contribution is 5.33. The molecular weight excluding hydrogens is 261 g/mol. The van der Waals surface area contributed by atoms with Crippen LogP contribution in [0.4, 0.5) is 4.39 Å². The van der Waals surface area contributed by atoms with Crippen LogP contribution >= 0.6 is 0 Å². The smallest absolute Gasteiger partial charge is 0.165 e. The molecular formula is C14H18FN3O2. The molecule has 0 atom stereocenters. The Morgan fingerprint density at radius 2 is 2.05 bits per heavy atom. The van der Waals surface area contributed by atoms with E-state index in [1.807, 2.05) is 0 Å². The zero-order chi connectivity index (χ0) is 14.2. The molecule has 5 nitrogen and oxygen atoms in total. The van der Waals surface area contributed by atoms with Gasteiger partial charge in [0.05, 0.1) is 19.0 Å². The van der Waals surface area contributed by atoms with E-state index in [9.17, 15) is 4.39 Å². The summed E-state index contributed by atoms with van der Waals surface area (Å²) in [5.74, 6) is 0.113. The molecule has 20 heavy (non-hydrogen) atoms. The first-order valence-corrected chi connectivity index (χ1v) is 6.32. The van der Waals surface area contributed by atoms with E-state index in [4.69, 9.17) is 9.84 Å². The number of aromatic nitrogens is 2. The minimum Gasteiger partial charge on any atom is -0.451 e. The first-order valence-electron chi connectivity index (χ1n) is 6.32. The van der Waals surface area contributed by atoms with Gasteiger partial charge in [-0.2, -0.15) is 0 Å². The first kappa shape index (κ1) is 14.4. The highest BCUT2D eigenvalue weighted by Gasteiger charge is 2.06. The molecule has 2 N–H and O–H groups in total. The number of ether oxygens (including phenoxy) is 1. The van der Waals surface area contributed by atoms with Crippen molar-refractivity contribution in [1.29, 1.82) is 0 Å². The largest absolute Gasteiger partial charge is 0.451 e. The van der Waals surface area contributed by atoms with Crippen molar-refractivity contribution in [3.05, 3.63) is 48.3 Å². The van der Waals surface area contributed by atoms with Crippen molar-refractivity contribution in [2.24, 2.45) is 0 Å².